The van der Waals surface area contributed by atoms with Crippen molar-refractivity contribution in [1.82, 2.24) is 0 Å². The molecule has 0 aromatic heterocycles. The van der Waals surface area contributed by atoms with Crippen molar-refractivity contribution in [2.75, 3.05) is 0 Å². The van der Waals surface area contributed by atoms with Gasteiger partial charge in [0, 0.05) is 6.42 Å². The fraction of sp³-hybridized carbons (Fsp3) is 0.923. The second-order valence-electron chi connectivity index (χ2n) is 5.59. The molecule has 15 heavy (non-hydrogen) atoms. The molecule has 2 nitrogen and oxygen atoms in total. The third kappa shape index (κ3) is 4.33. The van der Waals surface area contributed by atoms with Crippen molar-refractivity contribution in [1.29, 1.82) is 0 Å². The summed E-state index contributed by atoms with van der Waals surface area (Å²) in [6.45, 7) is 8.30. The zero-order chi connectivity index (χ0) is 11.5. The van der Waals surface area contributed by atoms with Crippen molar-refractivity contribution >= 4 is 5.78 Å². The van der Waals surface area contributed by atoms with E-state index in [1.807, 2.05) is 0 Å². The van der Waals surface area contributed by atoms with Crippen LogP contribution in [-0.2, 0) is 9.53 Å². The summed E-state index contributed by atoms with van der Waals surface area (Å²) in [7, 11) is 0. The molecule has 1 aliphatic rings. The second-order valence-corrected chi connectivity index (χ2v) is 5.59. The van der Waals surface area contributed by atoms with Crippen LogP contribution in [0.4, 0.5) is 0 Å². The Balaban J connectivity index is 2.50. The van der Waals surface area contributed by atoms with Gasteiger partial charge >= 0.3 is 0 Å². The van der Waals surface area contributed by atoms with Crippen LogP contribution in [0.15, 0.2) is 0 Å². The lowest BCUT2D eigenvalue weighted by Crippen LogP contribution is -2.39. The van der Waals surface area contributed by atoms with Gasteiger partial charge in [0.15, 0.2) is 0 Å². The van der Waals surface area contributed by atoms with Crippen molar-refractivity contribution in [3.05, 3.63) is 0 Å². The van der Waals surface area contributed by atoms with Crippen LogP contribution in [0.25, 0.3) is 0 Å². The normalized spacial score (nSPS) is 31.9. The van der Waals surface area contributed by atoms with Crippen LogP contribution in [0.5, 0.6) is 0 Å². The van der Waals surface area contributed by atoms with Gasteiger partial charge in [-0.05, 0) is 45.4 Å². The molecule has 1 fully saturated rings. The van der Waals surface area contributed by atoms with E-state index >= 15 is 0 Å². The van der Waals surface area contributed by atoms with E-state index in [0.717, 1.165) is 19.3 Å². The highest BCUT2D eigenvalue weighted by Gasteiger charge is 2.33. The van der Waals surface area contributed by atoms with Crippen molar-refractivity contribution < 1.29 is 9.53 Å². The molecule has 2 atom stereocenters. The first-order chi connectivity index (χ1) is 6.91. The van der Waals surface area contributed by atoms with Crippen molar-refractivity contribution in [2.45, 2.75) is 71.5 Å². The van der Waals surface area contributed by atoms with E-state index < -0.39 is 0 Å². The first-order valence-electron chi connectivity index (χ1n) is 6.08. The minimum absolute atomic E-state index is 0.00648. The number of ether oxygens (including phenoxy) is 1. The Labute approximate surface area is 93.4 Å². The van der Waals surface area contributed by atoms with Crippen LogP contribution in [0.2, 0.25) is 0 Å². The predicted octanol–water partition coefficient (Wildman–Crippen LogP) is 3.34. The highest BCUT2D eigenvalue weighted by atomic mass is 16.5. The number of hydrogen-bond acceptors (Lipinski definition) is 2. The van der Waals surface area contributed by atoms with E-state index in [1.165, 1.54) is 6.42 Å². The zero-order valence-corrected chi connectivity index (χ0v) is 10.5. The second kappa shape index (κ2) is 5.11. The maximum absolute atomic E-state index is 11.1. The van der Waals surface area contributed by atoms with Crippen LogP contribution < -0.4 is 0 Å². The van der Waals surface area contributed by atoms with E-state index in [9.17, 15) is 4.79 Å². The highest BCUT2D eigenvalue weighted by Crippen LogP contribution is 2.34. The van der Waals surface area contributed by atoms with Gasteiger partial charge in [-0.15, -0.1) is 0 Å². The van der Waals surface area contributed by atoms with E-state index in [1.54, 1.807) is 6.92 Å². The molecule has 2 unspecified atom stereocenters. The summed E-state index contributed by atoms with van der Waals surface area (Å²) in [4.78, 5) is 11.1. The predicted molar refractivity (Wildman–Crippen MR) is 61.9 cm³/mol. The van der Waals surface area contributed by atoms with Gasteiger partial charge in [-0.25, -0.2) is 0 Å². The molecule has 1 saturated heterocycles. The number of carbonyl (C=O) groups is 1. The third-order valence-electron chi connectivity index (χ3n) is 3.04. The number of hydrogen-bond donors (Lipinski definition) is 0. The lowest BCUT2D eigenvalue weighted by Gasteiger charge is -2.39. The smallest absolute Gasteiger partial charge is 0.132 e. The van der Waals surface area contributed by atoms with E-state index in [0.29, 0.717) is 12.3 Å². The summed E-state index contributed by atoms with van der Waals surface area (Å²) in [6, 6.07) is 0. The lowest BCUT2D eigenvalue weighted by atomic mass is 9.85. The quantitative estimate of drug-likeness (QED) is 0.714. The summed E-state index contributed by atoms with van der Waals surface area (Å²) in [5.41, 5.74) is 0.00648. The SMILES string of the molecule is CC(=O)CC1CCCC(C)(CC(C)C)O1. The minimum atomic E-state index is 0.00648. The Morgan fingerprint density at radius 3 is 2.73 bits per heavy atom. The molecular formula is C13H24O2. The van der Waals surface area contributed by atoms with E-state index in [-0.39, 0.29) is 17.5 Å². The van der Waals surface area contributed by atoms with Gasteiger partial charge < -0.3 is 4.74 Å². The number of rotatable bonds is 4. The Bertz CT molecular complexity index is 223. The fourth-order valence-electron chi connectivity index (χ4n) is 2.70. The van der Waals surface area contributed by atoms with Gasteiger partial charge in [-0.3, -0.25) is 4.79 Å². The molecule has 0 bridgehead atoms. The summed E-state index contributed by atoms with van der Waals surface area (Å²) >= 11 is 0. The zero-order valence-electron chi connectivity index (χ0n) is 10.5. The van der Waals surface area contributed by atoms with Crippen LogP contribution in [0.1, 0.15) is 59.8 Å². The van der Waals surface area contributed by atoms with Gasteiger partial charge in [0.25, 0.3) is 0 Å². The summed E-state index contributed by atoms with van der Waals surface area (Å²) in [5, 5.41) is 0. The van der Waals surface area contributed by atoms with Crippen molar-refractivity contribution in [3.8, 4) is 0 Å². The Morgan fingerprint density at radius 1 is 1.53 bits per heavy atom. The average Bonchev–Trinajstić information content (AvgIpc) is 1.99. The average molecular weight is 212 g/mol. The maximum Gasteiger partial charge on any atom is 0.132 e. The summed E-state index contributed by atoms with van der Waals surface area (Å²) in [6.07, 6.45) is 5.24. The topological polar surface area (TPSA) is 26.3 Å². The Kier molecular flexibility index (Phi) is 4.32. The monoisotopic (exact) mass is 212 g/mol. The van der Waals surface area contributed by atoms with Crippen molar-refractivity contribution in [3.63, 3.8) is 0 Å². The number of ketones is 1. The van der Waals surface area contributed by atoms with Gasteiger partial charge in [-0.2, -0.15) is 0 Å². The molecule has 1 aliphatic heterocycles. The molecule has 0 aliphatic carbocycles. The van der Waals surface area contributed by atoms with E-state index in [2.05, 4.69) is 20.8 Å². The Hall–Kier alpha value is -0.370. The molecule has 88 valence electrons. The van der Waals surface area contributed by atoms with Crippen LogP contribution >= 0.6 is 0 Å². The maximum atomic E-state index is 11.1. The fourth-order valence-corrected chi connectivity index (χ4v) is 2.70. The molecule has 0 radical (unpaired) electrons. The summed E-state index contributed by atoms with van der Waals surface area (Å²) < 4.78 is 6.07. The first kappa shape index (κ1) is 12.7. The molecule has 0 aromatic rings. The molecule has 0 amide bonds. The van der Waals surface area contributed by atoms with Gasteiger partial charge in [0.2, 0.25) is 0 Å². The standard InChI is InChI=1S/C13H24O2/c1-10(2)9-13(4)7-5-6-12(15-13)8-11(3)14/h10,12H,5-9H2,1-4H3. The van der Waals surface area contributed by atoms with Crippen LogP contribution in [0, 0.1) is 5.92 Å². The molecule has 1 rings (SSSR count). The van der Waals surface area contributed by atoms with Crippen LogP contribution in [-0.4, -0.2) is 17.5 Å². The van der Waals surface area contributed by atoms with Gasteiger partial charge in [0.05, 0.1) is 11.7 Å². The third-order valence-corrected chi connectivity index (χ3v) is 3.04. The molecule has 1 heterocycles. The molecule has 0 spiro atoms. The largest absolute Gasteiger partial charge is 0.372 e. The highest BCUT2D eigenvalue weighted by molar-refractivity contribution is 5.75. The molecule has 0 aromatic carbocycles. The lowest BCUT2D eigenvalue weighted by molar-refractivity contribution is -0.140. The molecule has 0 N–H and O–H groups in total. The molecule has 0 saturated carbocycles. The molecular weight excluding hydrogens is 188 g/mol. The molecule has 2 heteroatoms. The number of Topliss-reactive ketones (excluding diaryl/α,β-unsaturated/α-hetero) is 1. The van der Waals surface area contributed by atoms with Crippen molar-refractivity contribution in [2.24, 2.45) is 5.92 Å². The van der Waals surface area contributed by atoms with E-state index in [4.69, 9.17) is 4.74 Å². The summed E-state index contributed by atoms with van der Waals surface area (Å²) in [5.74, 6) is 0.903. The first-order valence-corrected chi connectivity index (χ1v) is 6.08. The van der Waals surface area contributed by atoms with Gasteiger partial charge in [0.1, 0.15) is 5.78 Å². The number of carbonyl (C=O) groups excluding carboxylic acids is 1. The van der Waals surface area contributed by atoms with Crippen LogP contribution in [0.3, 0.4) is 0 Å². The minimum Gasteiger partial charge on any atom is -0.372 e. The van der Waals surface area contributed by atoms with Gasteiger partial charge in [-0.1, -0.05) is 13.8 Å². The Morgan fingerprint density at radius 2 is 2.20 bits per heavy atom.